The van der Waals surface area contributed by atoms with Gasteiger partial charge in [-0.2, -0.15) is 0 Å². The summed E-state index contributed by atoms with van der Waals surface area (Å²) in [6.45, 7) is 6.98. The first-order valence-electron chi connectivity index (χ1n) is 9.07. The van der Waals surface area contributed by atoms with Crippen LogP contribution in [0.3, 0.4) is 0 Å². The maximum atomic E-state index is 11.6. The van der Waals surface area contributed by atoms with Gasteiger partial charge in [0.05, 0.1) is 17.6 Å². The van der Waals surface area contributed by atoms with Crippen LogP contribution < -0.4 is 5.32 Å². The van der Waals surface area contributed by atoms with Gasteiger partial charge in [0, 0.05) is 32.8 Å². The summed E-state index contributed by atoms with van der Waals surface area (Å²) in [6.07, 6.45) is 2.92. The van der Waals surface area contributed by atoms with Gasteiger partial charge in [0.15, 0.2) is 0 Å². The zero-order chi connectivity index (χ0) is 18.5. The van der Waals surface area contributed by atoms with Crippen LogP contribution in [-0.2, 0) is 16.1 Å². The molecule has 1 saturated heterocycles. The number of hydrogen-bond acceptors (Lipinski definition) is 5. The molecule has 0 bridgehead atoms. The van der Waals surface area contributed by atoms with Crippen molar-refractivity contribution >= 4 is 5.91 Å². The van der Waals surface area contributed by atoms with E-state index >= 15 is 0 Å². The van der Waals surface area contributed by atoms with Gasteiger partial charge in [0.2, 0.25) is 5.91 Å². The second kappa shape index (κ2) is 8.42. The number of benzene rings is 1. The molecule has 0 radical (unpaired) electrons. The molecule has 7 nitrogen and oxygen atoms in total. The lowest BCUT2D eigenvalue weighted by molar-refractivity contribution is -0.125. The van der Waals surface area contributed by atoms with E-state index in [0.29, 0.717) is 5.92 Å². The summed E-state index contributed by atoms with van der Waals surface area (Å²) in [5.74, 6) is 0.456. The second-order valence-electron chi connectivity index (χ2n) is 7.12. The lowest BCUT2D eigenvalue weighted by Crippen LogP contribution is -2.38. The predicted molar refractivity (Wildman–Crippen MR) is 99.1 cm³/mol. The monoisotopic (exact) mass is 357 g/mol. The topological polar surface area (TPSA) is 72.3 Å². The Bertz CT molecular complexity index is 726. The number of aromatic nitrogens is 3. The smallest absolute Gasteiger partial charge is 0.246 e. The zero-order valence-corrected chi connectivity index (χ0v) is 15.7. The van der Waals surface area contributed by atoms with Crippen LogP contribution in [0, 0.1) is 0 Å². The fourth-order valence-electron chi connectivity index (χ4n) is 3.23. The number of ether oxygens (including phenoxy) is 1. The van der Waals surface area contributed by atoms with Crippen molar-refractivity contribution in [3.8, 4) is 5.69 Å². The lowest BCUT2D eigenvalue weighted by atomic mass is 10.0. The van der Waals surface area contributed by atoms with Crippen LogP contribution in [0.25, 0.3) is 5.69 Å². The number of nitrogens with one attached hydrogen (secondary N) is 1. The van der Waals surface area contributed by atoms with E-state index in [9.17, 15) is 4.79 Å². The Morgan fingerprint density at radius 2 is 2.12 bits per heavy atom. The number of amides is 1. The average Bonchev–Trinajstić information content (AvgIpc) is 3.25. The summed E-state index contributed by atoms with van der Waals surface area (Å²) in [5.41, 5.74) is 3.26. The molecule has 1 aliphatic heterocycles. The van der Waals surface area contributed by atoms with Gasteiger partial charge in [-0.15, -0.1) is 5.10 Å². The van der Waals surface area contributed by atoms with Gasteiger partial charge in [-0.05, 0) is 30.0 Å². The maximum absolute atomic E-state index is 11.6. The summed E-state index contributed by atoms with van der Waals surface area (Å²) in [6, 6.07) is 8.59. The minimum Gasteiger partial charge on any atom is -0.375 e. The molecule has 1 fully saturated rings. The number of carbonyl (C=O) groups is 1. The van der Waals surface area contributed by atoms with E-state index in [-0.39, 0.29) is 18.6 Å². The first-order valence-corrected chi connectivity index (χ1v) is 9.07. The molecule has 140 valence electrons. The highest BCUT2D eigenvalue weighted by atomic mass is 16.5. The molecule has 1 unspecified atom stereocenters. The van der Waals surface area contributed by atoms with Gasteiger partial charge in [0.25, 0.3) is 0 Å². The molecule has 0 saturated carbocycles. The molecule has 1 atom stereocenters. The molecule has 0 aliphatic carbocycles. The third kappa shape index (κ3) is 4.68. The van der Waals surface area contributed by atoms with Crippen molar-refractivity contribution in [2.75, 3.05) is 26.8 Å². The van der Waals surface area contributed by atoms with Gasteiger partial charge in [-0.1, -0.05) is 31.2 Å². The van der Waals surface area contributed by atoms with Crippen molar-refractivity contribution in [3.63, 3.8) is 0 Å². The third-order valence-corrected chi connectivity index (χ3v) is 4.66. The standard InChI is InChI=1S/C19H27N5O2/c1-14(2)15-4-6-18(7-5-15)24-12-17(21-22-24)11-23-9-8-16(10-23)20-19(25)13-26-3/h4-7,12,14,16H,8-11,13H2,1-3H3,(H,20,25). The third-order valence-electron chi connectivity index (χ3n) is 4.66. The molecule has 26 heavy (non-hydrogen) atoms. The van der Waals surface area contributed by atoms with Gasteiger partial charge < -0.3 is 10.1 Å². The Kier molecular flexibility index (Phi) is 6.00. The molecule has 1 aromatic heterocycles. The molecule has 3 rings (SSSR count). The Labute approximate surface area is 154 Å². The number of hydrogen-bond donors (Lipinski definition) is 1. The second-order valence-corrected chi connectivity index (χ2v) is 7.12. The predicted octanol–water partition coefficient (Wildman–Crippen LogP) is 1.73. The molecule has 7 heteroatoms. The minimum atomic E-state index is -0.0601. The van der Waals surface area contributed by atoms with E-state index in [1.165, 1.54) is 12.7 Å². The van der Waals surface area contributed by atoms with Crippen molar-refractivity contribution in [3.05, 3.63) is 41.7 Å². The molecule has 2 aromatic rings. The Balaban J connectivity index is 1.55. The number of methoxy groups -OCH3 is 1. The number of rotatable bonds is 7. The molecule has 0 spiro atoms. The van der Waals surface area contributed by atoms with E-state index in [1.807, 2.05) is 10.9 Å². The average molecular weight is 357 g/mol. The number of likely N-dealkylation sites (tertiary alicyclic amines) is 1. The highest BCUT2D eigenvalue weighted by Gasteiger charge is 2.24. The zero-order valence-electron chi connectivity index (χ0n) is 15.7. The summed E-state index contributed by atoms with van der Waals surface area (Å²) < 4.78 is 6.67. The Hall–Kier alpha value is -2.25. The van der Waals surface area contributed by atoms with Crippen LogP contribution >= 0.6 is 0 Å². The van der Waals surface area contributed by atoms with Crippen LogP contribution in [0.15, 0.2) is 30.5 Å². The van der Waals surface area contributed by atoms with Crippen molar-refractivity contribution in [1.29, 1.82) is 0 Å². The van der Waals surface area contributed by atoms with Crippen molar-refractivity contribution in [1.82, 2.24) is 25.2 Å². The van der Waals surface area contributed by atoms with Gasteiger partial charge in [0.1, 0.15) is 6.61 Å². The summed E-state index contributed by atoms with van der Waals surface area (Å²) in [5, 5.41) is 11.5. The summed E-state index contributed by atoms with van der Waals surface area (Å²) >= 11 is 0. The first-order chi connectivity index (χ1) is 12.5. The molecule has 1 aromatic carbocycles. The van der Waals surface area contributed by atoms with E-state index in [0.717, 1.165) is 37.4 Å². The minimum absolute atomic E-state index is 0.0601. The number of carbonyl (C=O) groups excluding carboxylic acids is 1. The van der Waals surface area contributed by atoms with Crippen LogP contribution in [0.4, 0.5) is 0 Å². The Morgan fingerprint density at radius 1 is 1.35 bits per heavy atom. The SMILES string of the molecule is COCC(=O)NC1CCN(Cc2cn(-c3ccc(C(C)C)cc3)nn2)C1. The molecule has 1 amide bonds. The van der Waals surface area contributed by atoms with Crippen LogP contribution in [0.1, 0.15) is 37.4 Å². The van der Waals surface area contributed by atoms with E-state index in [4.69, 9.17) is 4.74 Å². The fraction of sp³-hybridized carbons (Fsp3) is 0.526. The summed E-state index contributed by atoms with van der Waals surface area (Å²) in [7, 11) is 1.53. The van der Waals surface area contributed by atoms with Gasteiger partial charge in [-0.25, -0.2) is 4.68 Å². The van der Waals surface area contributed by atoms with Crippen LogP contribution in [0.2, 0.25) is 0 Å². The highest BCUT2D eigenvalue weighted by Crippen LogP contribution is 2.17. The van der Waals surface area contributed by atoms with E-state index < -0.39 is 0 Å². The van der Waals surface area contributed by atoms with E-state index in [2.05, 4.69) is 58.6 Å². The summed E-state index contributed by atoms with van der Waals surface area (Å²) in [4.78, 5) is 13.9. The van der Waals surface area contributed by atoms with Crippen LogP contribution in [0.5, 0.6) is 0 Å². The molecule has 1 aliphatic rings. The fourth-order valence-corrected chi connectivity index (χ4v) is 3.23. The normalized spacial score (nSPS) is 17.8. The largest absolute Gasteiger partial charge is 0.375 e. The molecular weight excluding hydrogens is 330 g/mol. The molecular formula is C19H27N5O2. The quantitative estimate of drug-likeness (QED) is 0.817. The van der Waals surface area contributed by atoms with Crippen LogP contribution in [-0.4, -0.2) is 58.6 Å². The molecule has 2 heterocycles. The molecule has 1 N–H and O–H groups in total. The lowest BCUT2D eigenvalue weighted by Gasteiger charge is -2.15. The van der Waals surface area contributed by atoms with Crippen molar-refractivity contribution < 1.29 is 9.53 Å². The van der Waals surface area contributed by atoms with Crippen molar-refractivity contribution in [2.24, 2.45) is 0 Å². The van der Waals surface area contributed by atoms with Gasteiger partial charge >= 0.3 is 0 Å². The van der Waals surface area contributed by atoms with Crippen molar-refractivity contribution in [2.45, 2.75) is 38.8 Å². The maximum Gasteiger partial charge on any atom is 0.246 e. The van der Waals surface area contributed by atoms with E-state index in [1.54, 1.807) is 0 Å². The van der Waals surface area contributed by atoms with Gasteiger partial charge in [-0.3, -0.25) is 9.69 Å². The highest BCUT2D eigenvalue weighted by molar-refractivity contribution is 5.77. The Morgan fingerprint density at radius 3 is 2.81 bits per heavy atom. The first kappa shape index (κ1) is 18.5. The number of nitrogens with zero attached hydrogens (tertiary/aromatic N) is 4.